The minimum atomic E-state index is -0.756. The molecule has 0 saturated heterocycles. The van der Waals surface area contributed by atoms with Crippen LogP contribution in [0.4, 0.5) is 0 Å². The molecule has 1 N–H and O–H groups in total. The van der Waals surface area contributed by atoms with Crippen LogP contribution in [0, 0.1) is 0 Å². The summed E-state index contributed by atoms with van der Waals surface area (Å²) < 4.78 is 5.19. The standard InChI is InChI=1S/C15H18O2/c1-4-15(2,16)13-7-5-12-10-14(17-3)8-6-11(12)9-13/h5-10,16H,4H2,1-3H3/t15-/m0/s1. The quantitative estimate of drug-likeness (QED) is 0.875. The maximum absolute atomic E-state index is 10.2. The summed E-state index contributed by atoms with van der Waals surface area (Å²) in [6, 6.07) is 12.0. The zero-order valence-corrected chi connectivity index (χ0v) is 10.5. The summed E-state index contributed by atoms with van der Waals surface area (Å²) in [5.74, 6) is 0.854. The molecule has 1 atom stereocenters. The van der Waals surface area contributed by atoms with Crippen molar-refractivity contribution in [1.82, 2.24) is 0 Å². The molecule has 0 bridgehead atoms. The number of methoxy groups -OCH3 is 1. The fourth-order valence-corrected chi connectivity index (χ4v) is 1.89. The maximum Gasteiger partial charge on any atom is 0.119 e. The third kappa shape index (κ3) is 2.27. The lowest BCUT2D eigenvalue weighted by molar-refractivity contribution is 0.0532. The molecule has 0 saturated carbocycles. The van der Waals surface area contributed by atoms with Gasteiger partial charge in [-0.25, -0.2) is 0 Å². The fraction of sp³-hybridized carbons (Fsp3) is 0.333. The Balaban J connectivity index is 2.52. The molecule has 0 radical (unpaired) electrons. The lowest BCUT2D eigenvalue weighted by Crippen LogP contribution is -2.19. The Kier molecular flexibility index (Phi) is 3.07. The molecular formula is C15H18O2. The van der Waals surface area contributed by atoms with Crippen molar-refractivity contribution in [3.63, 3.8) is 0 Å². The van der Waals surface area contributed by atoms with Crippen molar-refractivity contribution in [3.05, 3.63) is 42.0 Å². The number of aliphatic hydroxyl groups is 1. The second kappa shape index (κ2) is 4.38. The van der Waals surface area contributed by atoms with Crippen molar-refractivity contribution in [2.75, 3.05) is 7.11 Å². The van der Waals surface area contributed by atoms with Gasteiger partial charge in [-0.05, 0) is 47.9 Å². The lowest BCUT2D eigenvalue weighted by Gasteiger charge is -2.22. The molecule has 2 aromatic rings. The highest BCUT2D eigenvalue weighted by molar-refractivity contribution is 5.84. The highest BCUT2D eigenvalue weighted by Crippen LogP contribution is 2.28. The van der Waals surface area contributed by atoms with Crippen LogP contribution >= 0.6 is 0 Å². The van der Waals surface area contributed by atoms with E-state index in [0.29, 0.717) is 6.42 Å². The molecule has 0 aliphatic carbocycles. The Hall–Kier alpha value is -1.54. The first-order valence-corrected chi connectivity index (χ1v) is 5.87. The van der Waals surface area contributed by atoms with Crippen LogP contribution < -0.4 is 4.74 Å². The second-order valence-corrected chi connectivity index (χ2v) is 4.56. The highest BCUT2D eigenvalue weighted by Gasteiger charge is 2.20. The van der Waals surface area contributed by atoms with Gasteiger partial charge in [0, 0.05) is 0 Å². The second-order valence-electron chi connectivity index (χ2n) is 4.56. The molecule has 17 heavy (non-hydrogen) atoms. The van der Waals surface area contributed by atoms with Gasteiger partial charge >= 0.3 is 0 Å². The summed E-state index contributed by atoms with van der Waals surface area (Å²) in [7, 11) is 1.66. The highest BCUT2D eigenvalue weighted by atomic mass is 16.5. The van der Waals surface area contributed by atoms with Gasteiger partial charge in [-0.1, -0.05) is 25.1 Å². The van der Waals surface area contributed by atoms with Crippen LogP contribution in [0.3, 0.4) is 0 Å². The molecule has 2 nitrogen and oxygen atoms in total. The van der Waals surface area contributed by atoms with Gasteiger partial charge < -0.3 is 9.84 Å². The first kappa shape index (κ1) is 11.9. The topological polar surface area (TPSA) is 29.5 Å². The van der Waals surface area contributed by atoms with Gasteiger partial charge in [0.15, 0.2) is 0 Å². The Morgan fingerprint density at radius 1 is 1.12 bits per heavy atom. The number of hydrogen-bond donors (Lipinski definition) is 1. The zero-order chi connectivity index (χ0) is 12.5. The average Bonchev–Trinajstić information content (AvgIpc) is 2.37. The van der Waals surface area contributed by atoms with Crippen LogP contribution in [0.15, 0.2) is 36.4 Å². The van der Waals surface area contributed by atoms with Crippen molar-refractivity contribution in [2.45, 2.75) is 25.9 Å². The molecular weight excluding hydrogens is 212 g/mol. The van der Waals surface area contributed by atoms with E-state index in [2.05, 4.69) is 0 Å². The largest absolute Gasteiger partial charge is 0.497 e. The van der Waals surface area contributed by atoms with Crippen LogP contribution in [0.25, 0.3) is 10.8 Å². The van der Waals surface area contributed by atoms with Crippen molar-refractivity contribution < 1.29 is 9.84 Å². The molecule has 0 amide bonds. The van der Waals surface area contributed by atoms with Crippen LogP contribution in [0.2, 0.25) is 0 Å². The fourth-order valence-electron chi connectivity index (χ4n) is 1.89. The van der Waals surface area contributed by atoms with Crippen LogP contribution in [0.5, 0.6) is 5.75 Å². The molecule has 0 spiro atoms. The van der Waals surface area contributed by atoms with Crippen molar-refractivity contribution in [3.8, 4) is 5.75 Å². The first-order chi connectivity index (χ1) is 8.06. The van der Waals surface area contributed by atoms with E-state index in [9.17, 15) is 5.11 Å². The van der Waals surface area contributed by atoms with Crippen molar-refractivity contribution >= 4 is 10.8 Å². The van der Waals surface area contributed by atoms with Crippen molar-refractivity contribution in [2.24, 2.45) is 0 Å². The summed E-state index contributed by atoms with van der Waals surface area (Å²) in [6.45, 7) is 3.83. The van der Waals surface area contributed by atoms with E-state index < -0.39 is 5.60 Å². The first-order valence-electron chi connectivity index (χ1n) is 5.87. The molecule has 0 aliphatic heterocycles. The van der Waals surface area contributed by atoms with E-state index >= 15 is 0 Å². The van der Waals surface area contributed by atoms with E-state index in [0.717, 1.165) is 22.1 Å². The molecule has 2 heteroatoms. The average molecular weight is 230 g/mol. The van der Waals surface area contributed by atoms with Gasteiger partial charge in [0.05, 0.1) is 12.7 Å². The summed E-state index contributed by atoms with van der Waals surface area (Å²) in [5, 5.41) is 12.5. The summed E-state index contributed by atoms with van der Waals surface area (Å²) >= 11 is 0. The van der Waals surface area contributed by atoms with Gasteiger partial charge in [0.1, 0.15) is 5.75 Å². The zero-order valence-electron chi connectivity index (χ0n) is 10.5. The summed E-state index contributed by atoms with van der Waals surface area (Å²) in [4.78, 5) is 0. The van der Waals surface area contributed by atoms with E-state index in [4.69, 9.17) is 4.74 Å². The molecule has 0 fully saturated rings. The van der Waals surface area contributed by atoms with Gasteiger partial charge in [-0.3, -0.25) is 0 Å². The van der Waals surface area contributed by atoms with E-state index in [-0.39, 0.29) is 0 Å². The molecule has 0 unspecified atom stereocenters. The van der Waals surface area contributed by atoms with E-state index in [1.165, 1.54) is 0 Å². The SMILES string of the molecule is CC[C@](C)(O)c1ccc2cc(OC)ccc2c1. The number of benzene rings is 2. The molecule has 2 rings (SSSR count). The van der Waals surface area contributed by atoms with Gasteiger partial charge in [-0.15, -0.1) is 0 Å². The van der Waals surface area contributed by atoms with Gasteiger partial charge in [0.2, 0.25) is 0 Å². The molecule has 0 aliphatic rings. The van der Waals surface area contributed by atoms with Gasteiger partial charge in [0.25, 0.3) is 0 Å². The van der Waals surface area contributed by atoms with E-state index in [1.54, 1.807) is 7.11 Å². The third-order valence-corrected chi connectivity index (χ3v) is 3.36. The van der Waals surface area contributed by atoms with Crippen LogP contribution in [-0.4, -0.2) is 12.2 Å². The monoisotopic (exact) mass is 230 g/mol. The Morgan fingerprint density at radius 3 is 2.41 bits per heavy atom. The molecule has 90 valence electrons. The van der Waals surface area contributed by atoms with Crippen LogP contribution in [-0.2, 0) is 5.60 Å². The predicted molar refractivity (Wildman–Crippen MR) is 70.4 cm³/mol. The maximum atomic E-state index is 10.2. The number of rotatable bonds is 3. The number of ether oxygens (including phenoxy) is 1. The number of hydrogen-bond acceptors (Lipinski definition) is 2. The number of fused-ring (bicyclic) bond motifs is 1. The smallest absolute Gasteiger partial charge is 0.119 e. The lowest BCUT2D eigenvalue weighted by atomic mass is 9.91. The molecule has 0 heterocycles. The predicted octanol–water partition coefficient (Wildman–Crippen LogP) is 3.47. The van der Waals surface area contributed by atoms with Crippen LogP contribution in [0.1, 0.15) is 25.8 Å². The van der Waals surface area contributed by atoms with Gasteiger partial charge in [-0.2, -0.15) is 0 Å². The third-order valence-electron chi connectivity index (χ3n) is 3.36. The van der Waals surface area contributed by atoms with Crippen molar-refractivity contribution in [1.29, 1.82) is 0 Å². The Bertz CT molecular complexity index is 529. The minimum Gasteiger partial charge on any atom is -0.497 e. The minimum absolute atomic E-state index is 0.703. The Morgan fingerprint density at radius 2 is 1.76 bits per heavy atom. The molecule has 0 aromatic heterocycles. The normalized spacial score (nSPS) is 14.6. The Labute approximate surface area is 102 Å². The summed E-state index contributed by atoms with van der Waals surface area (Å²) in [6.07, 6.45) is 0.703. The summed E-state index contributed by atoms with van der Waals surface area (Å²) in [5.41, 5.74) is 0.200. The van der Waals surface area contributed by atoms with E-state index in [1.807, 2.05) is 50.2 Å². The molecule has 2 aromatic carbocycles.